The maximum atomic E-state index is 14.7. The molecule has 190 valence electrons. The quantitative estimate of drug-likeness (QED) is 0.302. The summed E-state index contributed by atoms with van der Waals surface area (Å²) in [5, 5.41) is 20.9. The van der Waals surface area contributed by atoms with Crippen molar-refractivity contribution in [1.82, 2.24) is 5.32 Å². The predicted molar refractivity (Wildman–Crippen MR) is 138 cm³/mol. The first-order valence-electron chi connectivity index (χ1n) is 12.1. The molecule has 7 heteroatoms. The van der Waals surface area contributed by atoms with Crippen LogP contribution < -0.4 is 5.32 Å². The van der Waals surface area contributed by atoms with Gasteiger partial charge in [-0.2, -0.15) is 0 Å². The number of nitrogens with one attached hydrogen (secondary N) is 2. The predicted octanol–water partition coefficient (Wildman–Crippen LogP) is 6.42. The van der Waals surface area contributed by atoms with E-state index < -0.39 is 5.92 Å². The number of hydrogen-bond acceptors (Lipinski definition) is 5. The van der Waals surface area contributed by atoms with E-state index in [0.29, 0.717) is 42.8 Å². The number of aromatic hydroxyl groups is 1. The molecule has 3 aliphatic rings. The summed E-state index contributed by atoms with van der Waals surface area (Å²) in [6.07, 6.45) is 11.7. The Bertz CT molecular complexity index is 1180. The maximum Gasteiger partial charge on any atom is 0.270 e. The van der Waals surface area contributed by atoms with Gasteiger partial charge < -0.3 is 19.9 Å². The van der Waals surface area contributed by atoms with Crippen LogP contribution >= 0.6 is 0 Å². The van der Waals surface area contributed by atoms with Gasteiger partial charge in [-0.25, -0.2) is 8.78 Å². The van der Waals surface area contributed by atoms with Crippen molar-refractivity contribution in [2.45, 2.75) is 44.6 Å². The highest BCUT2D eigenvalue weighted by Crippen LogP contribution is 2.46. The Morgan fingerprint density at radius 2 is 2.06 bits per heavy atom. The first kappa shape index (κ1) is 25.5. The molecule has 1 saturated heterocycles. The van der Waals surface area contributed by atoms with Gasteiger partial charge in [-0.1, -0.05) is 36.9 Å². The van der Waals surface area contributed by atoms with Gasteiger partial charge in [0.15, 0.2) is 5.90 Å². The molecule has 2 aliphatic carbocycles. The summed E-state index contributed by atoms with van der Waals surface area (Å²) in [6, 6.07) is 6.46. The maximum absolute atomic E-state index is 14.7. The molecule has 2 fully saturated rings. The monoisotopic (exact) mass is 494 g/mol. The van der Waals surface area contributed by atoms with Gasteiger partial charge in [-0.15, -0.1) is 0 Å². The van der Waals surface area contributed by atoms with E-state index in [2.05, 4.69) is 11.9 Å². The minimum Gasteiger partial charge on any atom is -0.508 e. The number of fused-ring (bicyclic) bond motifs is 1. The second kappa shape index (κ2) is 10.6. The number of alkyl halides is 2. The van der Waals surface area contributed by atoms with E-state index in [1.807, 2.05) is 24.4 Å². The van der Waals surface area contributed by atoms with Gasteiger partial charge in [-0.3, -0.25) is 5.41 Å². The lowest BCUT2D eigenvalue weighted by Gasteiger charge is -2.21. The summed E-state index contributed by atoms with van der Waals surface area (Å²) in [4.78, 5) is 0. The van der Waals surface area contributed by atoms with Crippen LogP contribution in [0.25, 0.3) is 5.57 Å². The average Bonchev–Trinajstić information content (AvgIpc) is 3.32. The summed E-state index contributed by atoms with van der Waals surface area (Å²) < 4.78 is 39.9. The summed E-state index contributed by atoms with van der Waals surface area (Å²) in [5.41, 5.74) is 4.16. The van der Waals surface area contributed by atoms with E-state index in [1.54, 1.807) is 18.2 Å². The van der Waals surface area contributed by atoms with Crippen LogP contribution in [0.2, 0.25) is 0 Å². The first-order valence-corrected chi connectivity index (χ1v) is 12.1. The largest absolute Gasteiger partial charge is 0.508 e. The van der Waals surface area contributed by atoms with Crippen molar-refractivity contribution in [1.29, 1.82) is 5.41 Å². The number of hydrogen-bond donors (Lipinski definition) is 3. The Hall–Kier alpha value is -3.61. The Labute approximate surface area is 210 Å². The number of rotatable bonds is 7. The fraction of sp³-hybridized carbons (Fsp3) is 0.345. The fourth-order valence-electron chi connectivity index (χ4n) is 5.06. The third kappa shape index (κ3) is 5.45. The normalized spacial score (nSPS) is 23.3. The molecule has 1 aromatic carbocycles. The van der Waals surface area contributed by atoms with E-state index >= 15 is 0 Å². The van der Waals surface area contributed by atoms with Gasteiger partial charge in [0.25, 0.3) is 5.92 Å². The molecule has 2 atom stereocenters. The van der Waals surface area contributed by atoms with Gasteiger partial charge in [0.05, 0.1) is 19.8 Å². The minimum atomic E-state index is -2.98. The molecule has 1 unspecified atom stereocenters. The molecule has 1 aromatic rings. The number of ether oxygens (including phenoxy) is 2. The van der Waals surface area contributed by atoms with Gasteiger partial charge in [-0.05, 0) is 66.0 Å². The van der Waals surface area contributed by atoms with Gasteiger partial charge in [0.2, 0.25) is 0 Å². The molecule has 4 rings (SSSR count). The summed E-state index contributed by atoms with van der Waals surface area (Å²) in [5.74, 6) is -2.06. The zero-order valence-corrected chi connectivity index (χ0v) is 20.6. The number of methoxy groups -OCH3 is 1. The van der Waals surface area contributed by atoms with E-state index in [4.69, 9.17) is 14.9 Å². The van der Waals surface area contributed by atoms with Crippen molar-refractivity contribution in [3.05, 3.63) is 95.0 Å². The lowest BCUT2D eigenvalue weighted by Crippen LogP contribution is -2.22. The topological polar surface area (TPSA) is 74.6 Å². The molecule has 0 amide bonds. The van der Waals surface area contributed by atoms with Crippen LogP contribution in [0.4, 0.5) is 8.78 Å². The van der Waals surface area contributed by atoms with Crippen LogP contribution in [-0.2, 0) is 9.47 Å². The van der Waals surface area contributed by atoms with Crippen molar-refractivity contribution in [3.8, 4) is 5.75 Å². The molecule has 36 heavy (non-hydrogen) atoms. The number of halogens is 2. The molecule has 0 bridgehead atoms. The van der Waals surface area contributed by atoms with Crippen LogP contribution in [0.5, 0.6) is 5.75 Å². The standard InChI is InChI=1S/C29H32F2N2O3/c1-18-22(20(17-36-18)16-27(32)35-3)7-5-15-33-26-14-13-24-23(26)6-4-8-25(29(2,30)31)28(24)19-9-11-21(34)12-10-19/h5-12,15,20,26,32-34H,1,4,13-14,16-17H2,2-3H3/b15-5+,22-7+,32-27?/t20?,26-/m1/s1. The summed E-state index contributed by atoms with van der Waals surface area (Å²) in [7, 11) is 1.49. The van der Waals surface area contributed by atoms with Crippen molar-refractivity contribution in [2.75, 3.05) is 13.7 Å². The third-order valence-corrected chi connectivity index (χ3v) is 6.83. The molecular weight excluding hydrogens is 462 g/mol. The highest BCUT2D eigenvalue weighted by molar-refractivity contribution is 5.87. The zero-order chi connectivity index (χ0) is 25.9. The zero-order valence-electron chi connectivity index (χ0n) is 20.6. The van der Waals surface area contributed by atoms with Crippen LogP contribution in [-0.4, -0.2) is 36.7 Å². The smallest absolute Gasteiger partial charge is 0.270 e. The lowest BCUT2D eigenvalue weighted by atomic mass is 9.88. The van der Waals surface area contributed by atoms with Crippen LogP contribution in [0.15, 0.2) is 89.4 Å². The van der Waals surface area contributed by atoms with E-state index in [1.165, 1.54) is 19.2 Å². The number of allylic oxidation sites excluding steroid dienone is 7. The fourth-order valence-corrected chi connectivity index (χ4v) is 5.06. The second-order valence-electron chi connectivity index (χ2n) is 9.30. The average molecular weight is 495 g/mol. The molecular formula is C29H32F2N2O3. The van der Waals surface area contributed by atoms with Gasteiger partial charge >= 0.3 is 0 Å². The molecule has 5 nitrogen and oxygen atoms in total. The third-order valence-electron chi connectivity index (χ3n) is 6.83. The summed E-state index contributed by atoms with van der Waals surface area (Å²) in [6.45, 7) is 5.36. The molecule has 0 radical (unpaired) electrons. The van der Waals surface area contributed by atoms with Crippen LogP contribution in [0, 0.1) is 11.3 Å². The van der Waals surface area contributed by atoms with E-state index in [0.717, 1.165) is 30.1 Å². The minimum absolute atomic E-state index is 0.000453. The van der Waals surface area contributed by atoms with Crippen molar-refractivity contribution >= 4 is 11.5 Å². The summed E-state index contributed by atoms with van der Waals surface area (Å²) >= 11 is 0. The Kier molecular flexibility index (Phi) is 7.48. The highest BCUT2D eigenvalue weighted by Gasteiger charge is 2.37. The highest BCUT2D eigenvalue weighted by atomic mass is 19.3. The van der Waals surface area contributed by atoms with Gasteiger partial charge in [0.1, 0.15) is 11.5 Å². The van der Waals surface area contributed by atoms with Crippen molar-refractivity contribution in [3.63, 3.8) is 0 Å². The Morgan fingerprint density at radius 3 is 2.75 bits per heavy atom. The number of phenolic OH excluding ortho intramolecular Hbond substituents is 1. The van der Waals surface area contributed by atoms with E-state index in [-0.39, 0.29) is 29.2 Å². The Balaban J connectivity index is 1.56. The lowest BCUT2D eigenvalue weighted by molar-refractivity contribution is 0.0685. The molecule has 0 aromatic heterocycles. The van der Waals surface area contributed by atoms with Crippen LogP contribution in [0.1, 0.15) is 38.2 Å². The number of phenols is 1. The second-order valence-corrected chi connectivity index (χ2v) is 9.30. The van der Waals surface area contributed by atoms with Gasteiger partial charge in [0, 0.05) is 30.4 Å². The van der Waals surface area contributed by atoms with Crippen molar-refractivity contribution in [2.24, 2.45) is 5.92 Å². The number of benzene rings is 1. The van der Waals surface area contributed by atoms with Crippen LogP contribution in [0.3, 0.4) is 0 Å². The molecule has 0 spiro atoms. The molecule has 1 aliphatic heterocycles. The van der Waals surface area contributed by atoms with E-state index in [9.17, 15) is 13.9 Å². The molecule has 1 heterocycles. The molecule has 1 saturated carbocycles. The first-order chi connectivity index (χ1) is 17.2. The Morgan fingerprint density at radius 1 is 1.31 bits per heavy atom. The van der Waals surface area contributed by atoms with Crippen molar-refractivity contribution < 1.29 is 23.4 Å². The molecule has 3 N–H and O–H groups in total. The SMILES string of the molecule is C=C1OCC(CC(=N)OC)/C1=C/C=C/N[C@@H]1CCC2=C(c3ccc(O)cc3)C(C(C)(F)F)=CCC=C21.